The number of rotatable bonds is 4. The highest BCUT2D eigenvalue weighted by atomic mass is 79.9. The number of anilines is 1. The van der Waals surface area contributed by atoms with Crippen molar-refractivity contribution in [3.05, 3.63) is 51.5 Å². The van der Waals surface area contributed by atoms with E-state index in [9.17, 15) is 0 Å². The Morgan fingerprint density at radius 2 is 2.05 bits per heavy atom. The van der Waals surface area contributed by atoms with Gasteiger partial charge in [0.2, 0.25) is 12.3 Å². The predicted octanol–water partition coefficient (Wildman–Crippen LogP) is 4.73. The number of nitrogens with one attached hydrogen (secondary N) is 1. The fraction of sp³-hybridized carbons (Fsp3) is 0.143. The van der Waals surface area contributed by atoms with Gasteiger partial charge in [0.1, 0.15) is 0 Å². The Morgan fingerprint density at radius 3 is 2.65 bits per heavy atom. The minimum Gasteiger partial charge on any atom is -0.423 e. The second-order valence-electron chi connectivity index (χ2n) is 4.32. The molecule has 20 heavy (non-hydrogen) atoms. The van der Waals surface area contributed by atoms with Crippen molar-refractivity contribution < 1.29 is 4.42 Å². The van der Waals surface area contributed by atoms with E-state index in [-0.39, 0.29) is 6.04 Å². The lowest BCUT2D eigenvalue weighted by Crippen LogP contribution is -2.05. The van der Waals surface area contributed by atoms with E-state index < -0.39 is 0 Å². The van der Waals surface area contributed by atoms with Crippen LogP contribution in [0.15, 0.2) is 51.0 Å². The van der Waals surface area contributed by atoms with Crippen molar-refractivity contribution >= 4 is 33.0 Å². The number of thiophene rings is 1. The van der Waals surface area contributed by atoms with Gasteiger partial charge in [-0.25, -0.2) is 0 Å². The Morgan fingerprint density at radius 1 is 1.25 bits per heavy atom. The van der Waals surface area contributed by atoms with Crippen molar-refractivity contribution in [1.29, 1.82) is 0 Å². The maximum Gasteiger partial charge on any atom is 0.247 e. The zero-order valence-electron chi connectivity index (χ0n) is 10.7. The Bertz CT molecular complexity index is 679. The number of halogens is 1. The van der Waals surface area contributed by atoms with E-state index in [1.807, 2.05) is 24.3 Å². The van der Waals surface area contributed by atoms with E-state index >= 15 is 0 Å². The first-order valence-electron chi connectivity index (χ1n) is 6.10. The fourth-order valence-corrected chi connectivity index (χ4v) is 3.66. The quantitative estimate of drug-likeness (QED) is 0.739. The number of hydrogen-bond acceptors (Lipinski definition) is 5. The molecule has 0 bridgehead atoms. The van der Waals surface area contributed by atoms with E-state index in [1.165, 1.54) is 11.3 Å². The number of hydrogen-bond donors (Lipinski definition) is 1. The standard InChI is InChI=1S/C14H12BrN3OS/c1-9(13-12(15)6-7-20-13)17-11-4-2-10(3-5-11)14-18-16-8-19-14/h2-9,17H,1H3. The van der Waals surface area contributed by atoms with Crippen molar-refractivity contribution in [2.75, 3.05) is 5.32 Å². The lowest BCUT2D eigenvalue weighted by molar-refractivity contribution is 0.568. The molecule has 1 aromatic carbocycles. The maximum absolute atomic E-state index is 5.17. The topological polar surface area (TPSA) is 51.0 Å². The molecule has 2 heterocycles. The molecule has 1 unspecified atom stereocenters. The normalized spacial score (nSPS) is 12.3. The molecule has 6 heteroatoms. The molecule has 4 nitrogen and oxygen atoms in total. The van der Waals surface area contributed by atoms with Gasteiger partial charge >= 0.3 is 0 Å². The van der Waals surface area contributed by atoms with E-state index in [0.29, 0.717) is 5.89 Å². The van der Waals surface area contributed by atoms with Crippen molar-refractivity contribution in [2.24, 2.45) is 0 Å². The van der Waals surface area contributed by atoms with Gasteiger partial charge in [-0.15, -0.1) is 21.5 Å². The van der Waals surface area contributed by atoms with Crippen molar-refractivity contribution in [3.63, 3.8) is 0 Å². The van der Waals surface area contributed by atoms with Crippen LogP contribution in [0.4, 0.5) is 5.69 Å². The predicted molar refractivity (Wildman–Crippen MR) is 83.8 cm³/mol. The van der Waals surface area contributed by atoms with E-state index in [1.54, 1.807) is 11.3 Å². The molecule has 0 aliphatic heterocycles. The zero-order chi connectivity index (χ0) is 13.9. The maximum atomic E-state index is 5.17. The van der Waals surface area contributed by atoms with Crippen LogP contribution in [0, 0.1) is 0 Å². The van der Waals surface area contributed by atoms with Crippen LogP contribution in [0.5, 0.6) is 0 Å². The summed E-state index contributed by atoms with van der Waals surface area (Å²) in [6.45, 7) is 2.14. The lowest BCUT2D eigenvalue weighted by Gasteiger charge is -2.14. The highest BCUT2D eigenvalue weighted by molar-refractivity contribution is 9.10. The summed E-state index contributed by atoms with van der Waals surface area (Å²) in [7, 11) is 0. The monoisotopic (exact) mass is 349 g/mol. The molecule has 0 radical (unpaired) electrons. The van der Waals surface area contributed by atoms with E-state index in [0.717, 1.165) is 15.7 Å². The minimum atomic E-state index is 0.249. The summed E-state index contributed by atoms with van der Waals surface area (Å²) in [6.07, 6.45) is 1.33. The van der Waals surface area contributed by atoms with Gasteiger partial charge in [0.05, 0.1) is 6.04 Å². The van der Waals surface area contributed by atoms with Gasteiger partial charge in [0.25, 0.3) is 0 Å². The summed E-state index contributed by atoms with van der Waals surface area (Å²) in [4.78, 5) is 1.28. The van der Waals surface area contributed by atoms with Gasteiger partial charge in [0, 0.05) is 20.6 Å². The van der Waals surface area contributed by atoms with Crippen molar-refractivity contribution in [1.82, 2.24) is 10.2 Å². The van der Waals surface area contributed by atoms with Crippen LogP contribution in [-0.4, -0.2) is 10.2 Å². The molecule has 0 spiro atoms. The SMILES string of the molecule is CC(Nc1ccc(-c2nnco2)cc1)c1sccc1Br. The van der Waals surface area contributed by atoms with Gasteiger partial charge in [-0.3, -0.25) is 0 Å². The molecule has 102 valence electrons. The van der Waals surface area contributed by atoms with E-state index in [2.05, 4.69) is 49.8 Å². The van der Waals surface area contributed by atoms with Gasteiger partial charge < -0.3 is 9.73 Å². The van der Waals surface area contributed by atoms with Gasteiger partial charge in [0.15, 0.2) is 0 Å². The molecular formula is C14H12BrN3OS. The zero-order valence-corrected chi connectivity index (χ0v) is 13.1. The third-order valence-electron chi connectivity index (χ3n) is 2.91. The first-order valence-corrected chi connectivity index (χ1v) is 7.77. The summed E-state index contributed by atoms with van der Waals surface area (Å²) in [6, 6.07) is 10.3. The smallest absolute Gasteiger partial charge is 0.247 e. The van der Waals surface area contributed by atoms with Crippen molar-refractivity contribution in [3.8, 4) is 11.5 Å². The fourth-order valence-electron chi connectivity index (χ4n) is 1.94. The largest absolute Gasteiger partial charge is 0.423 e. The first-order chi connectivity index (χ1) is 9.74. The Balaban J connectivity index is 1.74. The third-order valence-corrected chi connectivity index (χ3v) is 4.97. The molecule has 0 aliphatic carbocycles. The Kier molecular flexibility index (Phi) is 3.84. The lowest BCUT2D eigenvalue weighted by atomic mass is 10.2. The first kappa shape index (κ1) is 13.3. The molecule has 3 aromatic rings. The van der Waals surface area contributed by atoms with Gasteiger partial charge in [-0.2, -0.15) is 0 Å². The summed E-state index contributed by atoms with van der Waals surface area (Å²) in [5.41, 5.74) is 1.97. The highest BCUT2D eigenvalue weighted by Crippen LogP contribution is 2.31. The molecule has 0 saturated heterocycles. The van der Waals surface area contributed by atoms with Crippen LogP contribution >= 0.6 is 27.3 Å². The van der Waals surface area contributed by atoms with Crippen LogP contribution in [-0.2, 0) is 0 Å². The second-order valence-corrected chi connectivity index (χ2v) is 6.12. The van der Waals surface area contributed by atoms with Crippen LogP contribution in [0.2, 0.25) is 0 Å². The van der Waals surface area contributed by atoms with Crippen LogP contribution in [0.25, 0.3) is 11.5 Å². The Labute approximate surface area is 129 Å². The molecule has 0 aliphatic rings. The molecule has 2 aromatic heterocycles. The average Bonchev–Trinajstić information content (AvgIpc) is 3.10. The highest BCUT2D eigenvalue weighted by Gasteiger charge is 2.11. The summed E-state index contributed by atoms with van der Waals surface area (Å²) >= 11 is 5.30. The number of nitrogens with zero attached hydrogens (tertiary/aromatic N) is 2. The van der Waals surface area contributed by atoms with E-state index in [4.69, 9.17) is 4.42 Å². The van der Waals surface area contributed by atoms with Gasteiger partial charge in [-0.05, 0) is 58.6 Å². The molecule has 3 rings (SSSR count). The van der Waals surface area contributed by atoms with Crippen LogP contribution < -0.4 is 5.32 Å². The summed E-state index contributed by atoms with van der Waals surface area (Å²) in [5.74, 6) is 0.533. The van der Waals surface area contributed by atoms with Gasteiger partial charge in [-0.1, -0.05) is 0 Å². The number of benzene rings is 1. The number of aromatic nitrogens is 2. The molecule has 1 N–H and O–H groups in total. The molecule has 0 saturated carbocycles. The molecular weight excluding hydrogens is 338 g/mol. The van der Waals surface area contributed by atoms with Crippen molar-refractivity contribution in [2.45, 2.75) is 13.0 Å². The Hall–Kier alpha value is -1.66. The third kappa shape index (κ3) is 2.76. The second kappa shape index (κ2) is 5.76. The minimum absolute atomic E-state index is 0.249. The van der Waals surface area contributed by atoms with Crippen LogP contribution in [0.3, 0.4) is 0 Å². The average molecular weight is 350 g/mol. The molecule has 0 amide bonds. The molecule has 0 fully saturated rings. The van der Waals surface area contributed by atoms with Crippen LogP contribution in [0.1, 0.15) is 17.8 Å². The molecule has 1 atom stereocenters. The summed E-state index contributed by atoms with van der Waals surface area (Å²) in [5, 5.41) is 13.1. The summed E-state index contributed by atoms with van der Waals surface area (Å²) < 4.78 is 6.31.